The molecule has 1 aromatic heterocycles. The highest BCUT2D eigenvalue weighted by atomic mass is 16.5. The average Bonchev–Trinajstić information content (AvgIpc) is 3.39. The number of piperidine rings is 1. The minimum Gasteiger partial charge on any atom is -0.381 e. The van der Waals surface area contributed by atoms with E-state index in [9.17, 15) is 9.59 Å². The molecule has 1 aromatic rings. The quantitative estimate of drug-likeness (QED) is 0.896. The first-order chi connectivity index (χ1) is 12.2. The summed E-state index contributed by atoms with van der Waals surface area (Å²) in [5, 5.41) is 7.08. The van der Waals surface area contributed by atoms with Gasteiger partial charge in [0.1, 0.15) is 5.76 Å². The number of carbonyl (C=O) groups is 2. The summed E-state index contributed by atoms with van der Waals surface area (Å²) in [6, 6.07) is 1.94. The molecule has 3 fully saturated rings. The average molecular weight is 347 g/mol. The van der Waals surface area contributed by atoms with Crippen molar-refractivity contribution in [1.29, 1.82) is 0 Å². The highest BCUT2D eigenvalue weighted by Crippen LogP contribution is 2.40. The summed E-state index contributed by atoms with van der Waals surface area (Å²) in [6.45, 7) is 2.63. The van der Waals surface area contributed by atoms with Gasteiger partial charge < -0.3 is 19.5 Å². The smallest absolute Gasteiger partial charge is 0.276 e. The van der Waals surface area contributed by atoms with Gasteiger partial charge in [-0.1, -0.05) is 5.16 Å². The fraction of sp³-hybridized carbons (Fsp3) is 0.722. The highest BCUT2D eigenvalue weighted by Gasteiger charge is 2.31. The molecule has 3 aliphatic rings. The van der Waals surface area contributed by atoms with E-state index in [0.717, 1.165) is 44.3 Å². The Morgan fingerprint density at radius 2 is 1.80 bits per heavy atom. The Bertz CT molecular complexity index is 626. The molecular weight excluding hydrogens is 322 g/mol. The van der Waals surface area contributed by atoms with Crippen LogP contribution in [0.15, 0.2) is 10.6 Å². The van der Waals surface area contributed by atoms with Crippen LogP contribution in [0.5, 0.6) is 0 Å². The molecule has 136 valence electrons. The molecule has 1 N–H and O–H groups in total. The third-order valence-corrected chi connectivity index (χ3v) is 5.45. The maximum Gasteiger partial charge on any atom is 0.276 e. The normalized spacial score (nSPS) is 22.8. The molecule has 0 unspecified atom stereocenters. The number of amides is 2. The summed E-state index contributed by atoms with van der Waals surface area (Å²) in [5.41, 5.74) is 0.409. The van der Waals surface area contributed by atoms with Gasteiger partial charge in [0.2, 0.25) is 5.91 Å². The third-order valence-electron chi connectivity index (χ3n) is 5.45. The van der Waals surface area contributed by atoms with Crippen LogP contribution in [0.4, 0.5) is 0 Å². The minimum atomic E-state index is -0.0649. The van der Waals surface area contributed by atoms with Gasteiger partial charge in [-0.25, -0.2) is 0 Å². The van der Waals surface area contributed by atoms with Crippen LogP contribution < -0.4 is 5.32 Å². The molecule has 25 heavy (non-hydrogen) atoms. The van der Waals surface area contributed by atoms with Gasteiger partial charge in [0.25, 0.3) is 5.91 Å². The SMILES string of the molecule is O=C(NC1CCN(C(=O)c2cc(C3CC3)on2)CC1)C1CCOCC1. The van der Waals surface area contributed by atoms with E-state index in [1.807, 2.05) is 4.90 Å². The van der Waals surface area contributed by atoms with Gasteiger partial charge in [0.05, 0.1) is 0 Å². The van der Waals surface area contributed by atoms with Crippen molar-refractivity contribution in [3.63, 3.8) is 0 Å². The van der Waals surface area contributed by atoms with Gasteiger partial charge in [-0.15, -0.1) is 0 Å². The minimum absolute atomic E-state index is 0.0649. The molecule has 1 aliphatic carbocycles. The van der Waals surface area contributed by atoms with Gasteiger partial charge in [-0.2, -0.15) is 0 Å². The van der Waals surface area contributed by atoms with E-state index >= 15 is 0 Å². The topological polar surface area (TPSA) is 84.7 Å². The van der Waals surface area contributed by atoms with Crippen LogP contribution >= 0.6 is 0 Å². The molecule has 1 saturated carbocycles. The number of carbonyl (C=O) groups excluding carboxylic acids is 2. The van der Waals surface area contributed by atoms with E-state index in [0.29, 0.717) is 37.9 Å². The fourth-order valence-electron chi connectivity index (χ4n) is 3.62. The maximum atomic E-state index is 12.5. The monoisotopic (exact) mass is 347 g/mol. The van der Waals surface area contributed by atoms with Crippen molar-refractivity contribution in [2.75, 3.05) is 26.3 Å². The van der Waals surface area contributed by atoms with Gasteiger partial charge >= 0.3 is 0 Å². The maximum absolute atomic E-state index is 12.5. The zero-order valence-corrected chi connectivity index (χ0v) is 14.4. The van der Waals surface area contributed by atoms with Crippen molar-refractivity contribution in [2.24, 2.45) is 5.92 Å². The van der Waals surface area contributed by atoms with E-state index < -0.39 is 0 Å². The Morgan fingerprint density at radius 1 is 1.08 bits per heavy atom. The Kier molecular flexibility index (Phi) is 4.74. The van der Waals surface area contributed by atoms with Crippen molar-refractivity contribution in [3.05, 3.63) is 17.5 Å². The van der Waals surface area contributed by atoms with Crippen molar-refractivity contribution >= 4 is 11.8 Å². The molecule has 0 radical (unpaired) electrons. The molecule has 0 atom stereocenters. The van der Waals surface area contributed by atoms with Crippen LogP contribution in [0.1, 0.15) is 60.7 Å². The molecule has 2 saturated heterocycles. The second kappa shape index (κ2) is 7.15. The number of likely N-dealkylation sites (tertiary alicyclic amines) is 1. The van der Waals surface area contributed by atoms with Crippen LogP contribution in [0.2, 0.25) is 0 Å². The predicted molar refractivity (Wildman–Crippen MR) is 89.1 cm³/mol. The molecule has 2 aliphatic heterocycles. The summed E-state index contributed by atoms with van der Waals surface area (Å²) < 4.78 is 10.6. The van der Waals surface area contributed by atoms with Crippen molar-refractivity contribution in [1.82, 2.24) is 15.4 Å². The first kappa shape index (κ1) is 16.6. The second-order valence-electron chi connectivity index (χ2n) is 7.35. The number of ether oxygens (including phenoxy) is 1. The number of nitrogens with zero attached hydrogens (tertiary/aromatic N) is 2. The Morgan fingerprint density at radius 3 is 2.48 bits per heavy atom. The van der Waals surface area contributed by atoms with Gasteiger partial charge in [-0.3, -0.25) is 9.59 Å². The largest absolute Gasteiger partial charge is 0.381 e. The summed E-state index contributed by atoms with van der Waals surface area (Å²) in [5.74, 6) is 1.44. The van der Waals surface area contributed by atoms with E-state index in [2.05, 4.69) is 10.5 Å². The lowest BCUT2D eigenvalue weighted by atomic mass is 9.97. The molecule has 7 nitrogen and oxygen atoms in total. The van der Waals surface area contributed by atoms with Crippen molar-refractivity contribution < 1.29 is 18.8 Å². The Hall–Kier alpha value is -1.89. The van der Waals surface area contributed by atoms with Crippen LogP contribution in [-0.2, 0) is 9.53 Å². The lowest BCUT2D eigenvalue weighted by Gasteiger charge is -2.33. The van der Waals surface area contributed by atoms with E-state index in [4.69, 9.17) is 9.26 Å². The molecule has 7 heteroatoms. The zero-order chi connectivity index (χ0) is 17.2. The van der Waals surface area contributed by atoms with Crippen molar-refractivity contribution in [2.45, 2.75) is 50.5 Å². The predicted octanol–water partition coefficient (Wildman–Crippen LogP) is 1.70. The van der Waals surface area contributed by atoms with Crippen LogP contribution in [0.3, 0.4) is 0 Å². The number of rotatable bonds is 4. The lowest BCUT2D eigenvalue weighted by Crippen LogP contribution is -2.48. The first-order valence-electron chi connectivity index (χ1n) is 9.34. The highest BCUT2D eigenvalue weighted by molar-refractivity contribution is 5.92. The molecule has 0 bridgehead atoms. The van der Waals surface area contributed by atoms with Gasteiger partial charge in [0.15, 0.2) is 5.69 Å². The Balaban J connectivity index is 1.25. The van der Waals surface area contributed by atoms with E-state index in [-0.39, 0.29) is 23.8 Å². The summed E-state index contributed by atoms with van der Waals surface area (Å²) >= 11 is 0. The lowest BCUT2D eigenvalue weighted by molar-refractivity contribution is -0.128. The van der Waals surface area contributed by atoms with Crippen LogP contribution in [0, 0.1) is 5.92 Å². The van der Waals surface area contributed by atoms with E-state index in [1.165, 1.54) is 0 Å². The zero-order valence-electron chi connectivity index (χ0n) is 14.4. The van der Waals surface area contributed by atoms with Gasteiger partial charge in [0, 0.05) is 50.2 Å². The summed E-state index contributed by atoms with van der Waals surface area (Å²) in [6.07, 6.45) is 5.43. The molecule has 0 spiro atoms. The molecule has 0 aromatic carbocycles. The number of nitrogens with one attached hydrogen (secondary N) is 1. The van der Waals surface area contributed by atoms with Crippen LogP contribution in [0.25, 0.3) is 0 Å². The Labute approximate surface area is 147 Å². The summed E-state index contributed by atoms with van der Waals surface area (Å²) in [7, 11) is 0. The van der Waals surface area contributed by atoms with Gasteiger partial charge in [-0.05, 0) is 38.5 Å². The molecule has 3 heterocycles. The van der Waals surface area contributed by atoms with Crippen LogP contribution in [-0.4, -0.2) is 54.2 Å². The third kappa shape index (κ3) is 3.86. The van der Waals surface area contributed by atoms with Crippen molar-refractivity contribution in [3.8, 4) is 0 Å². The standard InChI is InChI=1S/C18H25N3O4/c22-17(13-5-9-24-10-6-13)19-14-3-7-21(8-4-14)18(23)15-11-16(25-20-15)12-1-2-12/h11-14H,1-10H2,(H,19,22). The molecule has 2 amide bonds. The number of hydrogen-bond acceptors (Lipinski definition) is 5. The van der Waals surface area contributed by atoms with E-state index in [1.54, 1.807) is 6.07 Å². The number of hydrogen-bond donors (Lipinski definition) is 1. The molecular formula is C18H25N3O4. The fourth-order valence-corrected chi connectivity index (χ4v) is 3.62. The molecule has 4 rings (SSSR count). The number of aromatic nitrogens is 1. The first-order valence-corrected chi connectivity index (χ1v) is 9.34. The summed E-state index contributed by atoms with van der Waals surface area (Å²) in [4.78, 5) is 26.7. The second-order valence-corrected chi connectivity index (χ2v) is 7.35.